The Bertz CT molecular complexity index is 178. The van der Waals surface area contributed by atoms with Crippen molar-refractivity contribution in [2.45, 2.75) is 31.8 Å². The summed E-state index contributed by atoms with van der Waals surface area (Å²) < 4.78 is 4.63. The highest BCUT2D eigenvalue weighted by Crippen LogP contribution is 2.16. The molecule has 1 heterocycles. The summed E-state index contributed by atoms with van der Waals surface area (Å²) in [6, 6.07) is 0.610. The van der Waals surface area contributed by atoms with Gasteiger partial charge in [0.05, 0.1) is 13.5 Å². The highest BCUT2D eigenvalue weighted by molar-refractivity contribution is 5.69. The Labute approximate surface area is 79.0 Å². The molecule has 76 valence electrons. The lowest BCUT2D eigenvalue weighted by molar-refractivity contribution is -0.142. The molecule has 0 saturated carbocycles. The van der Waals surface area contributed by atoms with Crippen molar-refractivity contribution in [1.82, 2.24) is 4.90 Å². The number of likely N-dealkylation sites (tertiary alicyclic amines) is 1. The molecule has 0 spiro atoms. The van der Waals surface area contributed by atoms with E-state index in [-0.39, 0.29) is 5.97 Å². The van der Waals surface area contributed by atoms with E-state index < -0.39 is 0 Å². The fraction of sp³-hybridized carbons (Fsp3) is 0.889. The Morgan fingerprint density at radius 1 is 1.69 bits per heavy atom. The minimum absolute atomic E-state index is 0.132. The summed E-state index contributed by atoms with van der Waals surface area (Å²) in [5.74, 6) is -0.132. The van der Waals surface area contributed by atoms with Gasteiger partial charge in [0.15, 0.2) is 0 Å². The molecule has 1 rings (SSSR count). The second-order valence-electron chi connectivity index (χ2n) is 3.56. The summed E-state index contributed by atoms with van der Waals surface area (Å²) >= 11 is 0. The van der Waals surface area contributed by atoms with E-state index in [9.17, 15) is 4.79 Å². The van der Waals surface area contributed by atoms with E-state index in [2.05, 4.69) is 16.6 Å². The van der Waals surface area contributed by atoms with Crippen LogP contribution in [0.2, 0.25) is 0 Å². The molecule has 0 aromatic heterocycles. The van der Waals surface area contributed by atoms with Crippen LogP contribution in [0, 0.1) is 0 Å². The molecule has 13 heavy (non-hydrogen) atoms. The van der Waals surface area contributed by atoms with Crippen molar-refractivity contribution in [3.05, 3.63) is 0 Å². The molecule has 4 nitrogen and oxygen atoms in total. The van der Waals surface area contributed by atoms with Crippen molar-refractivity contribution in [2.75, 3.05) is 20.2 Å². The Hall–Kier alpha value is -0.610. The van der Waals surface area contributed by atoms with E-state index in [0.717, 1.165) is 19.5 Å². The van der Waals surface area contributed by atoms with Crippen molar-refractivity contribution in [3.8, 4) is 0 Å². The lowest BCUT2D eigenvalue weighted by atomic mass is 10.0. The molecule has 0 aliphatic carbocycles. The standard InChI is InChI=1S/C9H18N2O2/c1-3-8(4-9(12)13-2)11-5-7(10)6-11/h7-8H,3-6,10H2,1-2H3. The summed E-state index contributed by atoms with van der Waals surface area (Å²) in [6.07, 6.45) is 1.46. The lowest BCUT2D eigenvalue weighted by Gasteiger charge is -2.42. The topological polar surface area (TPSA) is 55.6 Å². The average molecular weight is 186 g/mol. The molecule has 0 aromatic carbocycles. The monoisotopic (exact) mass is 186 g/mol. The molecule has 1 saturated heterocycles. The van der Waals surface area contributed by atoms with Gasteiger partial charge in [0.2, 0.25) is 0 Å². The average Bonchev–Trinajstić information content (AvgIpc) is 2.09. The molecule has 1 unspecified atom stereocenters. The predicted molar refractivity (Wildman–Crippen MR) is 50.3 cm³/mol. The minimum Gasteiger partial charge on any atom is -0.469 e. The largest absolute Gasteiger partial charge is 0.469 e. The summed E-state index contributed by atoms with van der Waals surface area (Å²) in [7, 11) is 1.43. The van der Waals surface area contributed by atoms with Crippen LogP contribution in [-0.2, 0) is 9.53 Å². The SMILES string of the molecule is CCC(CC(=O)OC)N1CC(N)C1. The molecule has 0 amide bonds. The molecule has 4 heteroatoms. The van der Waals surface area contributed by atoms with Crippen LogP contribution in [0.3, 0.4) is 0 Å². The molecular weight excluding hydrogens is 168 g/mol. The molecule has 1 aliphatic rings. The molecule has 1 fully saturated rings. The van der Waals surface area contributed by atoms with Crippen LogP contribution in [0.4, 0.5) is 0 Å². The molecule has 1 aliphatic heterocycles. The lowest BCUT2D eigenvalue weighted by Crippen LogP contribution is -2.59. The third-order valence-corrected chi connectivity index (χ3v) is 2.56. The maximum Gasteiger partial charge on any atom is 0.307 e. The zero-order valence-corrected chi connectivity index (χ0v) is 8.32. The molecule has 1 atom stereocenters. The van der Waals surface area contributed by atoms with Crippen molar-refractivity contribution in [1.29, 1.82) is 0 Å². The van der Waals surface area contributed by atoms with E-state index in [1.165, 1.54) is 7.11 Å². The van der Waals surface area contributed by atoms with E-state index in [0.29, 0.717) is 18.5 Å². The number of hydrogen-bond acceptors (Lipinski definition) is 4. The van der Waals surface area contributed by atoms with Gasteiger partial charge in [0, 0.05) is 25.2 Å². The first kappa shape index (κ1) is 10.5. The van der Waals surface area contributed by atoms with Crippen LogP contribution in [0.25, 0.3) is 0 Å². The summed E-state index contributed by atoms with van der Waals surface area (Å²) in [5.41, 5.74) is 5.67. The second-order valence-corrected chi connectivity index (χ2v) is 3.56. The zero-order chi connectivity index (χ0) is 9.84. The zero-order valence-electron chi connectivity index (χ0n) is 8.32. The number of hydrogen-bond donors (Lipinski definition) is 1. The maximum absolute atomic E-state index is 11.0. The van der Waals surface area contributed by atoms with E-state index >= 15 is 0 Å². The van der Waals surface area contributed by atoms with Crippen molar-refractivity contribution < 1.29 is 9.53 Å². The summed E-state index contributed by atoms with van der Waals surface area (Å²) in [6.45, 7) is 3.91. The van der Waals surface area contributed by atoms with Gasteiger partial charge in [-0.15, -0.1) is 0 Å². The molecule has 0 aromatic rings. The van der Waals surface area contributed by atoms with Crippen molar-refractivity contribution >= 4 is 5.97 Å². The molecular formula is C9H18N2O2. The van der Waals surface area contributed by atoms with Gasteiger partial charge in [0.25, 0.3) is 0 Å². The highest BCUT2D eigenvalue weighted by Gasteiger charge is 2.30. The van der Waals surface area contributed by atoms with Crippen LogP contribution in [-0.4, -0.2) is 43.2 Å². The number of rotatable bonds is 4. The van der Waals surface area contributed by atoms with Gasteiger partial charge < -0.3 is 10.5 Å². The van der Waals surface area contributed by atoms with Crippen molar-refractivity contribution in [2.24, 2.45) is 5.73 Å². The van der Waals surface area contributed by atoms with E-state index in [4.69, 9.17) is 5.73 Å². The van der Waals surface area contributed by atoms with Crippen LogP contribution < -0.4 is 5.73 Å². The predicted octanol–water partition coefficient (Wildman–Crippen LogP) is -0.0290. The van der Waals surface area contributed by atoms with Gasteiger partial charge >= 0.3 is 5.97 Å². The smallest absolute Gasteiger partial charge is 0.307 e. The van der Waals surface area contributed by atoms with E-state index in [1.807, 2.05) is 0 Å². The quantitative estimate of drug-likeness (QED) is 0.626. The van der Waals surface area contributed by atoms with Crippen LogP contribution >= 0.6 is 0 Å². The van der Waals surface area contributed by atoms with Gasteiger partial charge in [-0.05, 0) is 6.42 Å². The Morgan fingerprint density at radius 2 is 2.31 bits per heavy atom. The molecule has 2 N–H and O–H groups in total. The fourth-order valence-corrected chi connectivity index (χ4v) is 1.65. The fourth-order valence-electron chi connectivity index (χ4n) is 1.65. The van der Waals surface area contributed by atoms with Gasteiger partial charge in [-0.3, -0.25) is 9.69 Å². The number of nitrogens with two attached hydrogens (primary N) is 1. The van der Waals surface area contributed by atoms with Crippen LogP contribution in [0.1, 0.15) is 19.8 Å². The van der Waals surface area contributed by atoms with Gasteiger partial charge in [-0.1, -0.05) is 6.92 Å². The number of esters is 1. The normalized spacial score (nSPS) is 20.8. The molecule has 0 bridgehead atoms. The first-order valence-corrected chi connectivity index (χ1v) is 4.73. The highest BCUT2D eigenvalue weighted by atomic mass is 16.5. The first-order valence-electron chi connectivity index (χ1n) is 4.73. The Balaban J connectivity index is 2.31. The van der Waals surface area contributed by atoms with Crippen LogP contribution in [0.5, 0.6) is 0 Å². The summed E-state index contributed by atoms with van der Waals surface area (Å²) in [5, 5.41) is 0. The first-order chi connectivity index (χ1) is 6.17. The second kappa shape index (κ2) is 4.58. The number of ether oxygens (including phenoxy) is 1. The number of nitrogens with zero attached hydrogens (tertiary/aromatic N) is 1. The van der Waals surface area contributed by atoms with E-state index in [1.54, 1.807) is 0 Å². The van der Waals surface area contributed by atoms with Gasteiger partial charge in [-0.2, -0.15) is 0 Å². The number of carbonyl (C=O) groups excluding carboxylic acids is 1. The van der Waals surface area contributed by atoms with Crippen LogP contribution in [0.15, 0.2) is 0 Å². The maximum atomic E-state index is 11.0. The third-order valence-electron chi connectivity index (χ3n) is 2.56. The van der Waals surface area contributed by atoms with Crippen molar-refractivity contribution in [3.63, 3.8) is 0 Å². The minimum atomic E-state index is -0.132. The number of methoxy groups -OCH3 is 1. The molecule has 0 radical (unpaired) electrons. The Morgan fingerprint density at radius 3 is 2.69 bits per heavy atom. The summed E-state index contributed by atoms with van der Waals surface area (Å²) in [4.78, 5) is 13.3. The van der Waals surface area contributed by atoms with Gasteiger partial charge in [-0.25, -0.2) is 0 Å². The van der Waals surface area contributed by atoms with Gasteiger partial charge in [0.1, 0.15) is 0 Å². The third kappa shape index (κ3) is 2.67. The Kier molecular flexibility index (Phi) is 3.69. The number of carbonyl (C=O) groups is 1.